The highest BCUT2D eigenvalue weighted by atomic mass is 31.2. The van der Waals surface area contributed by atoms with Gasteiger partial charge < -0.3 is 30.5 Å². The molecule has 0 aromatic heterocycles. The first-order chi connectivity index (χ1) is 13.1. The summed E-state index contributed by atoms with van der Waals surface area (Å²) in [6.45, 7) is 4.94. The summed E-state index contributed by atoms with van der Waals surface area (Å²) in [6, 6.07) is 0. The number of hydrogen-bond donors (Lipinski definition) is 5. The van der Waals surface area contributed by atoms with Crippen LogP contribution < -0.4 is 16.0 Å². The fourth-order valence-corrected chi connectivity index (χ4v) is 2.51. The van der Waals surface area contributed by atoms with Crippen molar-refractivity contribution in [3.8, 4) is 12.3 Å². The smallest absolute Gasteiger partial charge is 0.436 e. The van der Waals surface area contributed by atoms with Gasteiger partial charge in [-0.25, -0.2) is 9.36 Å². The lowest BCUT2D eigenvalue weighted by atomic mass is 10.0. The highest BCUT2D eigenvalue weighted by molar-refractivity contribution is 7.46. The fourth-order valence-electron chi connectivity index (χ4n) is 2.18. The first-order valence-electron chi connectivity index (χ1n) is 9.11. The summed E-state index contributed by atoms with van der Waals surface area (Å²) >= 11 is 0. The number of terminal acetylenes is 1. The third-order valence-electron chi connectivity index (χ3n) is 3.67. The predicted molar refractivity (Wildman–Crippen MR) is 104 cm³/mol. The number of phosphoric acid groups is 1. The molecule has 28 heavy (non-hydrogen) atoms. The summed E-state index contributed by atoms with van der Waals surface area (Å²) in [5.41, 5.74) is -0.314. The van der Waals surface area contributed by atoms with Gasteiger partial charge in [-0.3, -0.25) is 9.32 Å². The van der Waals surface area contributed by atoms with Gasteiger partial charge in [0.15, 0.2) is 6.61 Å². The van der Waals surface area contributed by atoms with Crippen LogP contribution in [0.2, 0.25) is 0 Å². The third-order valence-corrected chi connectivity index (χ3v) is 4.19. The van der Waals surface area contributed by atoms with E-state index in [0.717, 1.165) is 12.8 Å². The topological polar surface area (TPSA) is 146 Å². The van der Waals surface area contributed by atoms with Crippen LogP contribution in [0.15, 0.2) is 0 Å². The van der Waals surface area contributed by atoms with Crippen molar-refractivity contribution < 1.29 is 33.2 Å². The minimum atomic E-state index is -4.44. The molecule has 0 aromatic carbocycles. The zero-order valence-electron chi connectivity index (χ0n) is 16.5. The van der Waals surface area contributed by atoms with Gasteiger partial charge in [0.25, 0.3) is 0 Å². The van der Waals surface area contributed by atoms with Crippen LogP contribution in [0.1, 0.15) is 46.0 Å². The molecule has 0 atom stereocenters. The van der Waals surface area contributed by atoms with Gasteiger partial charge in [0.05, 0.1) is 6.61 Å². The lowest BCUT2D eigenvalue weighted by Crippen LogP contribution is -2.43. The molecule has 0 aliphatic carbocycles. The monoisotopic (exact) mass is 421 g/mol. The number of ether oxygens (including phenoxy) is 1. The van der Waals surface area contributed by atoms with Crippen LogP contribution in [0, 0.1) is 12.3 Å². The van der Waals surface area contributed by atoms with Gasteiger partial charge >= 0.3 is 13.9 Å². The average Bonchev–Trinajstić information content (AvgIpc) is 2.59. The Hall–Kier alpha value is -1.63. The number of carbonyl (C=O) groups is 2. The van der Waals surface area contributed by atoms with Crippen molar-refractivity contribution in [2.24, 2.45) is 0 Å². The van der Waals surface area contributed by atoms with Gasteiger partial charge in [-0.2, -0.15) is 0 Å². The molecule has 0 unspecified atom stereocenters. The molecule has 0 saturated heterocycles. The van der Waals surface area contributed by atoms with E-state index in [2.05, 4.69) is 31.1 Å². The number of amides is 2. The maximum absolute atomic E-state index is 11.8. The highest BCUT2D eigenvalue weighted by Gasteiger charge is 2.18. The molecule has 0 rings (SSSR count). The molecule has 11 heteroatoms. The second-order valence-electron chi connectivity index (χ2n) is 6.75. The lowest BCUT2D eigenvalue weighted by molar-refractivity contribution is -0.121. The van der Waals surface area contributed by atoms with Gasteiger partial charge in [0.2, 0.25) is 5.91 Å². The van der Waals surface area contributed by atoms with E-state index in [-0.39, 0.29) is 31.2 Å². The average molecular weight is 421 g/mol. The number of phosphoric ester groups is 1. The Balaban J connectivity index is 3.66. The molecule has 0 aliphatic rings. The molecule has 0 radical (unpaired) electrons. The number of nitrogens with one attached hydrogen (secondary N) is 3. The van der Waals surface area contributed by atoms with Crippen LogP contribution in [0.4, 0.5) is 4.79 Å². The molecule has 0 spiro atoms. The molecular formula is C17H32N3O7P. The maximum Gasteiger partial charge on any atom is 0.469 e. The quantitative estimate of drug-likeness (QED) is 0.149. The molecule has 10 nitrogen and oxygen atoms in total. The molecule has 2 amide bonds. The van der Waals surface area contributed by atoms with E-state index < -0.39 is 13.9 Å². The van der Waals surface area contributed by atoms with Crippen molar-refractivity contribution in [1.82, 2.24) is 16.0 Å². The summed E-state index contributed by atoms with van der Waals surface area (Å²) in [4.78, 5) is 40.2. The third kappa shape index (κ3) is 17.8. The van der Waals surface area contributed by atoms with Crippen molar-refractivity contribution in [3.05, 3.63) is 0 Å². The van der Waals surface area contributed by atoms with Gasteiger partial charge in [-0.1, -0.05) is 12.3 Å². The summed E-state index contributed by atoms with van der Waals surface area (Å²) in [5, 5.41) is 8.53. The molecular weight excluding hydrogens is 389 g/mol. The van der Waals surface area contributed by atoms with Gasteiger partial charge in [0.1, 0.15) is 0 Å². The SMILES string of the molecule is C#CCOC(=O)NCCCCCC(=O)NCCC(C)(C)NCCOP(=O)(O)O. The molecule has 5 N–H and O–H groups in total. The number of carbonyl (C=O) groups excluding carboxylic acids is 2. The largest absolute Gasteiger partial charge is 0.469 e. The summed E-state index contributed by atoms with van der Waals surface area (Å²) in [7, 11) is -4.44. The van der Waals surface area contributed by atoms with Crippen molar-refractivity contribution in [1.29, 1.82) is 0 Å². The molecule has 0 bridgehead atoms. The highest BCUT2D eigenvalue weighted by Crippen LogP contribution is 2.35. The van der Waals surface area contributed by atoms with Crippen LogP contribution in [0.3, 0.4) is 0 Å². The Morgan fingerprint density at radius 3 is 2.46 bits per heavy atom. The summed E-state index contributed by atoms with van der Waals surface area (Å²) in [5.74, 6) is 2.16. The van der Waals surface area contributed by atoms with E-state index in [1.807, 2.05) is 13.8 Å². The van der Waals surface area contributed by atoms with Crippen LogP contribution in [0.5, 0.6) is 0 Å². The van der Waals surface area contributed by atoms with Crippen molar-refractivity contribution in [2.45, 2.75) is 51.5 Å². The number of rotatable bonds is 15. The van der Waals surface area contributed by atoms with E-state index in [9.17, 15) is 14.2 Å². The number of unbranched alkanes of at least 4 members (excludes halogenated alkanes) is 2. The first kappa shape index (κ1) is 26.4. The van der Waals surface area contributed by atoms with E-state index in [0.29, 0.717) is 32.4 Å². The van der Waals surface area contributed by atoms with Crippen LogP contribution in [0.25, 0.3) is 0 Å². The van der Waals surface area contributed by atoms with E-state index in [1.165, 1.54) is 0 Å². The zero-order chi connectivity index (χ0) is 21.5. The Bertz CT molecular complexity index is 557. The van der Waals surface area contributed by atoms with Crippen molar-refractivity contribution in [2.75, 3.05) is 32.8 Å². The van der Waals surface area contributed by atoms with E-state index >= 15 is 0 Å². The Labute approximate surface area is 166 Å². The van der Waals surface area contributed by atoms with E-state index in [1.54, 1.807) is 0 Å². The standard InChI is InChI=1S/C17H32N3O7P/c1-4-13-26-16(22)19-10-7-5-6-8-15(21)18-11-9-17(2,3)20-12-14-27-28(23,24)25/h1,20H,5-14H2,2-3H3,(H,18,21)(H,19,22)(H2,23,24,25). The zero-order valence-corrected chi connectivity index (χ0v) is 17.4. The molecule has 0 fully saturated rings. The lowest BCUT2D eigenvalue weighted by Gasteiger charge is -2.26. The predicted octanol–water partition coefficient (Wildman–Crippen LogP) is 0.890. The second-order valence-corrected chi connectivity index (χ2v) is 7.99. The van der Waals surface area contributed by atoms with E-state index in [4.69, 9.17) is 16.2 Å². The van der Waals surface area contributed by atoms with Gasteiger partial charge in [0, 0.05) is 31.6 Å². The minimum absolute atomic E-state index is 0.0398. The van der Waals surface area contributed by atoms with Gasteiger partial charge in [-0.05, 0) is 33.1 Å². The maximum atomic E-state index is 11.8. The minimum Gasteiger partial charge on any atom is -0.436 e. The van der Waals surface area contributed by atoms with Gasteiger partial charge in [-0.15, -0.1) is 6.42 Å². The van der Waals surface area contributed by atoms with Crippen molar-refractivity contribution >= 4 is 19.8 Å². The van der Waals surface area contributed by atoms with Crippen LogP contribution in [-0.4, -0.2) is 60.2 Å². The molecule has 0 heterocycles. The number of alkyl carbamates (subject to hydrolysis) is 1. The van der Waals surface area contributed by atoms with Crippen LogP contribution in [-0.2, 0) is 18.6 Å². The molecule has 0 aromatic rings. The Morgan fingerprint density at radius 1 is 1.11 bits per heavy atom. The summed E-state index contributed by atoms with van der Waals surface area (Å²) < 4.78 is 19.6. The number of hydrogen-bond acceptors (Lipinski definition) is 6. The molecule has 0 saturated carbocycles. The first-order valence-corrected chi connectivity index (χ1v) is 10.6. The fraction of sp³-hybridized carbons (Fsp3) is 0.765. The molecule has 0 aliphatic heterocycles. The Kier molecular flexibility index (Phi) is 13.5. The van der Waals surface area contributed by atoms with Crippen LogP contribution >= 0.6 is 7.82 Å². The normalized spacial score (nSPS) is 11.5. The molecule has 162 valence electrons. The van der Waals surface area contributed by atoms with Crippen molar-refractivity contribution in [3.63, 3.8) is 0 Å². The summed E-state index contributed by atoms with van der Waals surface area (Å²) in [6.07, 6.45) is 7.75. The Morgan fingerprint density at radius 2 is 1.82 bits per heavy atom. The second kappa shape index (κ2) is 14.4.